The van der Waals surface area contributed by atoms with Crippen LogP contribution in [-0.4, -0.2) is 25.7 Å². The first kappa shape index (κ1) is 107. The first-order valence-corrected chi connectivity index (χ1v) is 60.1. The second-order valence-corrected chi connectivity index (χ2v) is 46.5. The maximum atomic E-state index is 6.46. The Morgan fingerprint density at radius 2 is 0.644 bits per heavy atom. The smallest absolute Gasteiger partial charge is 0.141 e. The van der Waals surface area contributed by atoms with Crippen molar-refractivity contribution in [2.45, 2.75) is 407 Å². The van der Waals surface area contributed by atoms with Crippen LogP contribution in [0.4, 0.5) is 17.1 Å². The molecule has 0 bridgehead atoms. The molecule has 2 heterocycles. The first-order valence-electron chi connectivity index (χ1n) is 60.1. The molecule has 149 heavy (non-hydrogen) atoms. The van der Waals surface area contributed by atoms with Crippen LogP contribution >= 0.6 is 0 Å². The van der Waals surface area contributed by atoms with Crippen molar-refractivity contribution in [2.75, 3.05) is 11.5 Å². The molecule has 2 aromatic heterocycles. The molecule has 0 aliphatic heterocycles. The third kappa shape index (κ3) is 23.2. The van der Waals surface area contributed by atoms with E-state index in [9.17, 15) is 0 Å². The van der Waals surface area contributed by atoms with Gasteiger partial charge in [-0.25, -0.2) is 9.97 Å². The Balaban J connectivity index is 0.772. The lowest BCUT2D eigenvalue weighted by molar-refractivity contribution is 0.302. The number of imidazole rings is 2. The van der Waals surface area contributed by atoms with Gasteiger partial charge in [0.25, 0.3) is 0 Å². The summed E-state index contributed by atoms with van der Waals surface area (Å²) in [6, 6.07) is 103. The molecule has 0 N–H and O–H groups in total. The quantitative estimate of drug-likeness (QED) is 0.0282. The van der Waals surface area contributed by atoms with Gasteiger partial charge in [-0.05, 0) is 277 Å². The molecule has 0 saturated heterocycles. The van der Waals surface area contributed by atoms with Gasteiger partial charge in [-0.3, -0.25) is 0 Å². The summed E-state index contributed by atoms with van der Waals surface area (Å²) in [5.74, 6) is 3.47. The Hall–Kier alpha value is -11.3. The van der Waals surface area contributed by atoms with Gasteiger partial charge in [0.15, 0.2) is 0 Å². The second-order valence-electron chi connectivity index (χ2n) is 46.5. The third-order valence-corrected chi connectivity index (χ3v) is 35.9. The van der Waals surface area contributed by atoms with Crippen LogP contribution in [-0.2, 0) is 34.7 Å². The normalized spacial score (nSPS) is 13.4. The van der Waals surface area contributed by atoms with E-state index in [0.717, 1.165) is 115 Å². The van der Waals surface area contributed by atoms with Gasteiger partial charge in [0.1, 0.15) is 17.4 Å². The fraction of sp³-hybridized carbons (Fsp3) is 0.455. The average Bonchev–Trinajstić information content (AvgIpc) is 1.58. The van der Waals surface area contributed by atoms with Crippen LogP contribution in [0.15, 0.2) is 261 Å². The summed E-state index contributed by atoms with van der Waals surface area (Å²) >= 11 is 0. The number of aryl methyl sites for hydroxylation is 2. The summed E-state index contributed by atoms with van der Waals surface area (Å²) in [5.41, 5.74) is 30.5. The van der Waals surface area contributed by atoms with E-state index in [4.69, 9.17) is 14.7 Å². The van der Waals surface area contributed by atoms with Gasteiger partial charge >= 0.3 is 0 Å². The topological polar surface area (TPSA) is 48.1 Å². The zero-order valence-electron chi connectivity index (χ0n) is 93.8. The average molecular weight is 1980 g/mol. The summed E-state index contributed by atoms with van der Waals surface area (Å²) in [6.07, 6.45) is 54.9. The minimum atomic E-state index is -0.379. The van der Waals surface area contributed by atoms with Crippen molar-refractivity contribution in [3.05, 3.63) is 300 Å². The highest BCUT2D eigenvalue weighted by atomic mass is 16.5. The molecule has 18 rings (SSSR count). The molecule has 2 aliphatic rings. The number of nitrogens with zero attached hydrogens (tertiary/aromatic N) is 5. The van der Waals surface area contributed by atoms with Crippen molar-refractivity contribution >= 4 is 82.2 Å². The molecule has 780 valence electrons. The predicted molar refractivity (Wildman–Crippen MR) is 647 cm³/mol. The van der Waals surface area contributed by atoms with Crippen LogP contribution in [0.25, 0.3) is 132 Å². The molecule has 2 aliphatic carbocycles. The molecule has 0 amide bonds. The van der Waals surface area contributed by atoms with E-state index < -0.39 is 0 Å². The number of aromatic nitrogens is 4. The predicted octanol–water partition coefficient (Wildman–Crippen LogP) is 43.6. The molecular formula is C143H177N5O. The monoisotopic (exact) mass is 1980 g/mol. The van der Waals surface area contributed by atoms with Crippen molar-refractivity contribution in [1.82, 2.24) is 19.1 Å². The molecule has 6 heteroatoms. The van der Waals surface area contributed by atoms with Gasteiger partial charge in [0.05, 0.1) is 28.7 Å². The molecule has 1 atom stereocenters. The number of para-hydroxylation sites is 2. The van der Waals surface area contributed by atoms with Crippen LogP contribution in [0, 0.1) is 12.8 Å². The van der Waals surface area contributed by atoms with Crippen molar-refractivity contribution in [2.24, 2.45) is 5.92 Å². The number of fused-ring (bicyclic) bond motifs is 18. The van der Waals surface area contributed by atoms with E-state index in [-0.39, 0.29) is 21.7 Å². The second kappa shape index (κ2) is 50.7. The zero-order valence-corrected chi connectivity index (χ0v) is 93.8. The molecule has 6 nitrogen and oxygen atoms in total. The lowest BCUT2D eigenvalue weighted by atomic mass is 9.60. The maximum absolute atomic E-state index is 6.46. The SMILES string of the molecule is CCCCCCCCOc1ccc(-c2nc3c4cc(-c5ccc6c(c5)C(CCCCCCCC)(CCCCCCCC)c5cc(C(C)(C)C(C)(C)c7ccc8c9ccc(-c%10ccc%11c(c%10)C(CCCCCCCC)(CCCCCCCC)c%10ccccc%10-%11)cc9c9nc(-c%10ccc(N(c%11ccccc%11)c%11ccccc%11)cc%10)n(CC(CC)CCCC)c9c8c7)ccc5-6)ccc4c4ccc(C)cc4c3n2CCCCCCCC)cc1. The van der Waals surface area contributed by atoms with Crippen molar-refractivity contribution < 1.29 is 4.74 Å². The van der Waals surface area contributed by atoms with Gasteiger partial charge in [-0.15, -0.1) is 0 Å². The van der Waals surface area contributed by atoms with E-state index in [1.54, 1.807) is 16.7 Å². The molecule has 0 spiro atoms. The molecule has 16 aromatic rings. The lowest BCUT2D eigenvalue weighted by Crippen LogP contribution is -2.40. The highest BCUT2D eigenvalue weighted by molar-refractivity contribution is 6.26. The van der Waals surface area contributed by atoms with Gasteiger partial charge in [-0.1, -0.05) is 478 Å². The van der Waals surface area contributed by atoms with Gasteiger partial charge in [0, 0.05) is 73.7 Å². The number of rotatable bonds is 59. The fourth-order valence-corrected chi connectivity index (χ4v) is 26.4. The Labute approximate surface area is 897 Å². The van der Waals surface area contributed by atoms with Crippen molar-refractivity contribution in [3.63, 3.8) is 0 Å². The summed E-state index contributed by atoms with van der Waals surface area (Å²) in [7, 11) is 0. The molecule has 0 saturated carbocycles. The Bertz CT molecular complexity index is 7030. The maximum Gasteiger partial charge on any atom is 0.141 e. The number of unbranched alkanes of at least 4 members (excludes halogenated alkanes) is 31. The molecule has 0 fully saturated rings. The lowest BCUT2D eigenvalue weighted by Gasteiger charge is -2.44. The molecular weight excluding hydrogens is 1800 g/mol. The largest absolute Gasteiger partial charge is 0.494 e. The summed E-state index contributed by atoms with van der Waals surface area (Å²) in [6.45, 7) is 34.0. The highest BCUT2D eigenvalue weighted by Gasteiger charge is 2.47. The third-order valence-electron chi connectivity index (χ3n) is 35.9. The van der Waals surface area contributed by atoms with Gasteiger partial charge in [-0.2, -0.15) is 0 Å². The standard InChI is InChI=1S/C143H177N5O/c1-14-22-29-35-41-55-90-142(91-56-42-36-30-23-15-2)130-67-54-53-66-122(130)123-86-75-110(99-131(123)142)109-74-85-119-121-88-77-112(101-129(121)137-135(127(119)98-109)145-139(147(137)103-105(21-8)61-28-20-7)106-69-79-116(80-70-106)148(114-62-49-47-50-63-114)115-64-51-48-52-65-115)140(10,11)141(12,13)113-78-89-125-124-87-76-111(100-132(124)143(133(125)102-113,92-57-43-37-31-24-16-3)93-58-44-38-32-25-17-4)108-73-84-118-120-83-68-104(9)96-128(120)136-134(126(118)97-108)144-138(146(136)94-59-45-39-33-26-18-5)107-71-81-117(82-72-107)149-95-60-46-40-34-27-19-6/h47-54,62-89,96-102,105H,14-46,55-61,90-95,103H2,1-13H3. The van der Waals surface area contributed by atoms with E-state index in [1.807, 2.05) is 0 Å². The minimum Gasteiger partial charge on any atom is -0.494 e. The minimum absolute atomic E-state index is 0.0361. The van der Waals surface area contributed by atoms with Gasteiger partial charge < -0.3 is 18.8 Å². The Morgan fingerprint density at radius 1 is 0.289 bits per heavy atom. The van der Waals surface area contributed by atoms with Crippen molar-refractivity contribution in [3.8, 4) is 73.0 Å². The number of hydrogen-bond acceptors (Lipinski definition) is 4. The summed E-state index contributed by atoms with van der Waals surface area (Å²) < 4.78 is 11.8. The number of anilines is 3. The Kier molecular flexibility index (Phi) is 36.6. The van der Waals surface area contributed by atoms with E-state index >= 15 is 0 Å². The fourth-order valence-electron chi connectivity index (χ4n) is 26.4. The van der Waals surface area contributed by atoms with E-state index in [1.165, 1.54) is 365 Å². The van der Waals surface area contributed by atoms with Crippen LogP contribution in [0.3, 0.4) is 0 Å². The van der Waals surface area contributed by atoms with Crippen LogP contribution < -0.4 is 9.64 Å². The molecule has 1 unspecified atom stereocenters. The first-order chi connectivity index (χ1) is 73.0. The van der Waals surface area contributed by atoms with E-state index in [0.29, 0.717) is 5.92 Å². The van der Waals surface area contributed by atoms with Crippen LogP contribution in [0.5, 0.6) is 5.75 Å². The van der Waals surface area contributed by atoms with Crippen LogP contribution in [0.2, 0.25) is 0 Å². The van der Waals surface area contributed by atoms with E-state index in [2.05, 4.69) is 365 Å². The number of ether oxygens (including phenoxy) is 1. The number of benzene rings is 14. The molecule has 14 aromatic carbocycles. The van der Waals surface area contributed by atoms with Crippen molar-refractivity contribution in [1.29, 1.82) is 0 Å². The van der Waals surface area contributed by atoms with Gasteiger partial charge in [0.2, 0.25) is 0 Å². The summed E-state index contributed by atoms with van der Waals surface area (Å²) in [5, 5.41) is 10.2. The highest BCUT2D eigenvalue weighted by Crippen LogP contribution is 2.60. The molecule has 0 radical (unpaired) electrons. The number of hydrogen-bond donors (Lipinski definition) is 0. The Morgan fingerprint density at radius 3 is 1.14 bits per heavy atom. The van der Waals surface area contributed by atoms with Crippen LogP contribution in [0.1, 0.15) is 405 Å². The zero-order chi connectivity index (χ0) is 103. The summed E-state index contributed by atoms with van der Waals surface area (Å²) in [4.78, 5) is 14.6.